The SMILES string of the molecule is CCCCN(CCCC)c1ccc(C2C([O-])C(Nc3c(C)cc(C)cc3C)C2O)c(C)c1.CCCCN(CCCC)c1ccc(C2C([O-])C(Nc3ccc(C)cc3C)C2O)c(C)c1. The third kappa shape index (κ3) is 12.0. The van der Waals surface area contributed by atoms with Crippen molar-refractivity contribution in [3.8, 4) is 0 Å². The van der Waals surface area contributed by atoms with Crippen molar-refractivity contribution < 1.29 is 20.4 Å². The molecule has 8 heteroatoms. The van der Waals surface area contributed by atoms with Gasteiger partial charge in [0.2, 0.25) is 0 Å². The van der Waals surface area contributed by atoms with Crippen molar-refractivity contribution in [1.29, 1.82) is 0 Å². The first-order chi connectivity index (χ1) is 30.1. The van der Waals surface area contributed by atoms with Crippen LogP contribution in [-0.2, 0) is 0 Å². The van der Waals surface area contributed by atoms with Crippen molar-refractivity contribution in [2.45, 2.75) is 176 Å². The third-order valence-corrected chi connectivity index (χ3v) is 13.7. The van der Waals surface area contributed by atoms with Crippen LogP contribution in [0.3, 0.4) is 0 Å². The maximum atomic E-state index is 13.2. The average Bonchev–Trinajstić information content (AvgIpc) is 3.24. The van der Waals surface area contributed by atoms with Gasteiger partial charge in [-0.3, -0.25) is 0 Å². The minimum atomic E-state index is -0.870. The van der Waals surface area contributed by atoms with E-state index in [1.807, 2.05) is 19.1 Å². The molecule has 2 saturated carbocycles. The first-order valence-electron chi connectivity index (χ1n) is 24.2. The maximum Gasteiger partial charge on any atom is 0.0789 e. The van der Waals surface area contributed by atoms with Crippen LogP contribution in [0.25, 0.3) is 0 Å². The molecule has 4 N–H and O–H groups in total. The Labute approximate surface area is 381 Å². The Morgan fingerprint density at radius 1 is 0.476 bits per heavy atom. The number of nitrogens with one attached hydrogen (secondary N) is 2. The monoisotopic (exact) mass is 861 g/mol. The Kier molecular flexibility index (Phi) is 18.4. The van der Waals surface area contributed by atoms with Crippen LogP contribution in [0.1, 0.15) is 141 Å². The van der Waals surface area contributed by atoms with E-state index in [1.165, 1.54) is 73.9 Å². The van der Waals surface area contributed by atoms with Gasteiger partial charge in [-0.1, -0.05) is 113 Å². The number of hydrogen-bond acceptors (Lipinski definition) is 8. The number of aryl methyl sites for hydroxylation is 7. The number of aliphatic hydroxyl groups excluding tert-OH is 2. The molecule has 4 aromatic carbocycles. The summed E-state index contributed by atoms with van der Waals surface area (Å²) >= 11 is 0. The summed E-state index contributed by atoms with van der Waals surface area (Å²) in [5.74, 6) is -0.732. The van der Waals surface area contributed by atoms with Crippen LogP contribution in [0, 0.1) is 48.5 Å². The van der Waals surface area contributed by atoms with Crippen LogP contribution >= 0.6 is 0 Å². The molecule has 346 valence electrons. The van der Waals surface area contributed by atoms with Crippen LogP contribution < -0.4 is 30.6 Å². The van der Waals surface area contributed by atoms with Crippen LogP contribution in [0.4, 0.5) is 22.7 Å². The molecular weight excluding hydrogens is 781 g/mol. The highest BCUT2D eigenvalue weighted by Gasteiger charge is 2.45. The molecular formula is C55H80N4O4-2. The van der Waals surface area contributed by atoms with Crippen molar-refractivity contribution in [1.82, 2.24) is 0 Å². The topological polar surface area (TPSA) is 117 Å². The zero-order valence-electron chi connectivity index (χ0n) is 40.6. The van der Waals surface area contributed by atoms with Crippen molar-refractivity contribution in [3.63, 3.8) is 0 Å². The van der Waals surface area contributed by atoms with Crippen molar-refractivity contribution >= 4 is 22.7 Å². The molecule has 0 aliphatic heterocycles. The quantitative estimate of drug-likeness (QED) is 0.0695. The third-order valence-electron chi connectivity index (χ3n) is 13.7. The van der Waals surface area contributed by atoms with Crippen molar-refractivity contribution in [2.75, 3.05) is 46.6 Å². The van der Waals surface area contributed by atoms with Gasteiger partial charge < -0.3 is 40.9 Å². The summed E-state index contributed by atoms with van der Waals surface area (Å²) < 4.78 is 0. The predicted molar refractivity (Wildman–Crippen MR) is 263 cm³/mol. The normalized spacial score (nSPS) is 22.7. The van der Waals surface area contributed by atoms with Gasteiger partial charge in [-0.15, -0.1) is 0 Å². The second-order valence-electron chi connectivity index (χ2n) is 18.9. The number of unbranched alkanes of at least 4 members (excludes halogenated alkanes) is 4. The van der Waals surface area contributed by atoms with E-state index in [-0.39, 0.29) is 11.8 Å². The molecule has 4 aromatic rings. The van der Waals surface area contributed by atoms with Crippen molar-refractivity contribution in [2.24, 2.45) is 0 Å². The first-order valence-corrected chi connectivity index (χ1v) is 24.2. The largest absolute Gasteiger partial charge is 0.850 e. The summed E-state index contributed by atoms with van der Waals surface area (Å²) in [7, 11) is 0. The highest BCUT2D eigenvalue weighted by Crippen LogP contribution is 2.42. The Bertz CT molecular complexity index is 2010. The van der Waals surface area contributed by atoms with Crippen LogP contribution in [0.2, 0.25) is 0 Å². The summed E-state index contributed by atoms with van der Waals surface area (Å²) in [4.78, 5) is 4.92. The molecule has 0 saturated heterocycles. The minimum absolute atomic E-state index is 0.364. The van der Waals surface area contributed by atoms with Gasteiger partial charge in [0.1, 0.15) is 0 Å². The van der Waals surface area contributed by atoms with E-state index in [0.717, 1.165) is 76.5 Å². The predicted octanol–water partition coefficient (Wildman–Crippen LogP) is 9.68. The lowest BCUT2D eigenvalue weighted by Gasteiger charge is -2.55. The van der Waals surface area contributed by atoms with E-state index in [4.69, 9.17) is 0 Å². The smallest absolute Gasteiger partial charge is 0.0789 e. The van der Waals surface area contributed by atoms with E-state index in [2.05, 4.69) is 144 Å². The van der Waals surface area contributed by atoms with Gasteiger partial charge in [0.05, 0.1) is 12.2 Å². The van der Waals surface area contributed by atoms with Crippen LogP contribution in [0.5, 0.6) is 0 Å². The maximum absolute atomic E-state index is 13.2. The molecule has 63 heavy (non-hydrogen) atoms. The number of nitrogens with zero attached hydrogens (tertiary/aromatic N) is 2. The summed E-state index contributed by atoms with van der Waals surface area (Å²) in [6, 6.07) is 22.3. The molecule has 8 unspecified atom stereocenters. The van der Waals surface area contributed by atoms with E-state index >= 15 is 0 Å². The van der Waals surface area contributed by atoms with E-state index in [0.29, 0.717) is 0 Å². The zero-order valence-corrected chi connectivity index (χ0v) is 40.6. The number of benzene rings is 4. The fourth-order valence-corrected chi connectivity index (χ4v) is 9.76. The zero-order chi connectivity index (χ0) is 46.0. The highest BCUT2D eigenvalue weighted by atomic mass is 16.3. The molecule has 0 bridgehead atoms. The standard InChI is InChI=1S/C28H41N2O2.C27H39N2O2/c1-7-9-13-30(14-10-8-2)22-11-12-23(19(4)17-22)24-27(31)26(28(24)32)29-25-20(5)15-18(3)16-21(25)6;1-6-8-14-29(15-9-7-2)21-11-12-22(19(4)17-21)24-26(30)25(27(24)31)28-23-13-10-18(3)16-20(23)5/h11-12,15-17,24,26-29,31H,7-10,13-14H2,1-6H3;10-13,16-17,24-28,30H,6-9,14-15H2,1-5H3/q2*-1. The Hall–Kier alpha value is -4.08. The van der Waals surface area contributed by atoms with E-state index in [1.54, 1.807) is 0 Å². The second-order valence-corrected chi connectivity index (χ2v) is 18.9. The average molecular weight is 861 g/mol. The van der Waals surface area contributed by atoms with Crippen molar-refractivity contribution in [3.05, 3.63) is 117 Å². The van der Waals surface area contributed by atoms with Crippen LogP contribution in [0.15, 0.2) is 66.7 Å². The second kappa shape index (κ2) is 23.2. The number of rotatable bonds is 20. The van der Waals surface area contributed by atoms with Gasteiger partial charge in [-0.25, -0.2) is 0 Å². The summed E-state index contributed by atoms with van der Waals surface area (Å²) in [6.45, 7) is 27.6. The highest BCUT2D eigenvalue weighted by molar-refractivity contribution is 5.61. The van der Waals surface area contributed by atoms with Gasteiger partial charge in [-0.2, -0.15) is 0 Å². The summed E-state index contributed by atoms with van der Waals surface area (Å²) in [6.07, 6.45) is 6.35. The summed E-state index contributed by atoms with van der Waals surface area (Å²) in [5.41, 5.74) is 14.3. The Morgan fingerprint density at radius 2 is 0.873 bits per heavy atom. The Morgan fingerprint density at radius 3 is 1.24 bits per heavy atom. The van der Waals surface area contributed by atoms with Crippen LogP contribution in [-0.4, -0.2) is 72.9 Å². The number of aliphatic hydroxyl groups is 2. The Balaban J connectivity index is 0.000000238. The fraction of sp³-hybridized carbons (Fsp3) is 0.564. The molecule has 0 radical (unpaired) electrons. The number of hydrogen-bond donors (Lipinski definition) is 4. The van der Waals surface area contributed by atoms with Gasteiger partial charge in [0, 0.05) is 72.8 Å². The van der Waals surface area contributed by atoms with E-state index in [9.17, 15) is 20.4 Å². The lowest BCUT2D eigenvalue weighted by molar-refractivity contribution is -0.458. The minimum Gasteiger partial charge on any atom is -0.850 e. The molecule has 2 aliphatic carbocycles. The molecule has 8 nitrogen and oxygen atoms in total. The molecule has 0 amide bonds. The molecule has 0 aromatic heterocycles. The van der Waals surface area contributed by atoms with Gasteiger partial charge in [0.25, 0.3) is 0 Å². The lowest BCUT2D eigenvalue weighted by Crippen LogP contribution is -2.67. The fourth-order valence-electron chi connectivity index (χ4n) is 9.76. The first kappa shape index (κ1) is 49.9. The van der Waals surface area contributed by atoms with E-state index < -0.39 is 36.5 Å². The molecule has 2 aliphatic rings. The van der Waals surface area contributed by atoms with Gasteiger partial charge in [-0.05, 0) is 143 Å². The lowest BCUT2D eigenvalue weighted by atomic mass is 9.69. The molecule has 0 spiro atoms. The number of anilines is 4. The van der Waals surface area contributed by atoms with Gasteiger partial charge in [0.15, 0.2) is 0 Å². The molecule has 2 fully saturated rings. The molecule has 8 atom stereocenters. The summed E-state index contributed by atoms with van der Waals surface area (Å²) in [5, 5.41) is 54.7. The molecule has 0 heterocycles. The molecule has 6 rings (SSSR count). The van der Waals surface area contributed by atoms with Gasteiger partial charge >= 0.3 is 0 Å².